The Balaban J connectivity index is 0. The summed E-state index contributed by atoms with van der Waals surface area (Å²) < 4.78 is 0. The SMILES string of the molecule is [AlH3].[LiH].[NaH].[Ni]. The molecule has 0 N–H and O–H groups in total. The first kappa shape index (κ1) is 30.4. The molecule has 0 bridgehead atoms. The van der Waals surface area contributed by atoms with Crippen molar-refractivity contribution in [2.45, 2.75) is 0 Å². The topological polar surface area (TPSA) is 0 Å². The number of hydrogen-bond acceptors (Lipinski definition) is 0. The molecule has 0 saturated carbocycles. The van der Waals surface area contributed by atoms with Crippen LogP contribution in [0.15, 0.2) is 0 Å². The average molecular weight is 121 g/mol. The van der Waals surface area contributed by atoms with Crippen molar-refractivity contribution < 1.29 is 16.5 Å². The molecule has 0 spiro atoms. The van der Waals surface area contributed by atoms with Gasteiger partial charge in [0.25, 0.3) is 0 Å². The minimum atomic E-state index is 0. The molecule has 0 unspecified atom stereocenters. The van der Waals surface area contributed by atoms with Gasteiger partial charge in [0, 0.05) is 16.5 Å². The van der Waals surface area contributed by atoms with Crippen molar-refractivity contribution >= 4 is 65.8 Å². The molecular formula is H5AlLiNaNi. The van der Waals surface area contributed by atoms with Gasteiger partial charge in [0.1, 0.15) is 0 Å². The Morgan fingerprint density at radius 1 is 1.00 bits per heavy atom. The second kappa shape index (κ2) is 17.5. The third-order valence-electron chi connectivity index (χ3n) is 0. The first-order chi connectivity index (χ1) is 0. The van der Waals surface area contributed by atoms with E-state index >= 15 is 0 Å². The van der Waals surface area contributed by atoms with E-state index in [1.54, 1.807) is 0 Å². The van der Waals surface area contributed by atoms with E-state index < -0.39 is 0 Å². The van der Waals surface area contributed by atoms with Crippen molar-refractivity contribution in [3.63, 3.8) is 0 Å². The van der Waals surface area contributed by atoms with Gasteiger partial charge >= 0.3 is 48.4 Å². The predicted octanol–water partition coefficient (Wildman–Crippen LogP) is -2.48. The summed E-state index contributed by atoms with van der Waals surface area (Å²) in [4.78, 5) is 0. The molecule has 0 heterocycles. The normalized spacial score (nSPS) is 0. The number of rotatable bonds is 0. The van der Waals surface area contributed by atoms with Crippen molar-refractivity contribution in [3.05, 3.63) is 0 Å². The maximum absolute atomic E-state index is 0. The van der Waals surface area contributed by atoms with Crippen molar-refractivity contribution in [1.82, 2.24) is 0 Å². The summed E-state index contributed by atoms with van der Waals surface area (Å²) in [5, 5.41) is 0. The molecule has 0 fully saturated rings. The van der Waals surface area contributed by atoms with Gasteiger partial charge in [-0.25, -0.2) is 0 Å². The van der Waals surface area contributed by atoms with Crippen LogP contribution in [-0.4, -0.2) is 65.8 Å². The fourth-order valence-electron chi connectivity index (χ4n) is 0. The van der Waals surface area contributed by atoms with E-state index in [4.69, 9.17) is 0 Å². The summed E-state index contributed by atoms with van der Waals surface area (Å²) in [6.45, 7) is 0. The van der Waals surface area contributed by atoms with Gasteiger partial charge in [-0.1, -0.05) is 0 Å². The van der Waals surface area contributed by atoms with Gasteiger partial charge in [-0.15, -0.1) is 0 Å². The smallest absolute Gasteiger partial charge is 0 e. The summed E-state index contributed by atoms with van der Waals surface area (Å²) >= 11 is 0. The van der Waals surface area contributed by atoms with E-state index in [1.165, 1.54) is 0 Å². The standard InChI is InChI=1S/Al.Li.Na.Ni.5H. The van der Waals surface area contributed by atoms with Crippen molar-refractivity contribution in [2.75, 3.05) is 0 Å². The fourth-order valence-corrected chi connectivity index (χ4v) is 0. The minimum Gasteiger partial charge on any atom is 0 e. The second-order valence-corrected chi connectivity index (χ2v) is 0. The Morgan fingerprint density at radius 2 is 1.00 bits per heavy atom. The maximum atomic E-state index is 0. The molecule has 0 aliphatic rings. The van der Waals surface area contributed by atoms with Crippen LogP contribution in [0, 0.1) is 0 Å². The maximum Gasteiger partial charge on any atom is 0 e. The Bertz CT molecular complexity index is 8.00. The molecule has 0 atom stereocenters. The zero-order valence-electron chi connectivity index (χ0n) is 0.316. The van der Waals surface area contributed by atoms with E-state index in [2.05, 4.69) is 0 Å². The third-order valence-corrected chi connectivity index (χ3v) is 0. The monoisotopic (exact) mass is 120 g/mol. The van der Waals surface area contributed by atoms with Gasteiger partial charge < -0.3 is 0 Å². The molecule has 0 aliphatic heterocycles. The quantitative estimate of drug-likeness (QED) is 0.311. The van der Waals surface area contributed by atoms with Crippen molar-refractivity contribution in [1.29, 1.82) is 0 Å². The van der Waals surface area contributed by atoms with Crippen LogP contribution in [0.5, 0.6) is 0 Å². The summed E-state index contributed by atoms with van der Waals surface area (Å²) in [7, 11) is 0. The molecule has 0 saturated heterocycles. The van der Waals surface area contributed by atoms with E-state index in [0.717, 1.165) is 0 Å². The van der Waals surface area contributed by atoms with Gasteiger partial charge in [-0.05, 0) is 0 Å². The molecular weight excluding hydrogens is 116 g/mol. The van der Waals surface area contributed by atoms with Gasteiger partial charge in [0.2, 0.25) is 0 Å². The largest absolute Gasteiger partial charge is 0 e. The molecule has 4 heavy (non-hydrogen) atoms. The average Bonchev–Trinajstić information content (AvgIpc) is 0. The molecule has 4 heteroatoms. The third kappa shape index (κ3) is 8.82. The van der Waals surface area contributed by atoms with E-state index in [0.29, 0.717) is 0 Å². The summed E-state index contributed by atoms with van der Waals surface area (Å²) in [6.07, 6.45) is 0. The van der Waals surface area contributed by atoms with E-state index in [-0.39, 0.29) is 82.3 Å². The zero-order valence-corrected chi connectivity index (χ0v) is 1.30. The fraction of sp³-hybridized carbons (Fsp3) is 0. The Morgan fingerprint density at radius 3 is 1.00 bits per heavy atom. The molecule has 0 nitrogen and oxygen atoms in total. The summed E-state index contributed by atoms with van der Waals surface area (Å²) in [5.74, 6) is 0. The Kier molecular flexibility index (Phi) is 133. The molecule has 0 radical (unpaired) electrons. The minimum absolute atomic E-state index is 0. The van der Waals surface area contributed by atoms with Crippen LogP contribution in [0.25, 0.3) is 0 Å². The molecule has 0 aromatic carbocycles. The van der Waals surface area contributed by atoms with Crippen molar-refractivity contribution in [2.24, 2.45) is 0 Å². The van der Waals surface area contributed by atoms with Crippen LogP contribution in [0.1, 0.15) is 0 Å². The first-order valence-electron chi connectivity index (χ1n) is 0. The summed E-state index contributed by atoms with van der Waals surface area (Å²) in [5.41, 5.74) is 0. The van der Waals surface area contributed by atoms with Crippen LogP contribution in [0.2, 0.25) is 0 Å². The zero-order chi connectivity index (χ0) is 0. The molecule has 0 amide bonds. The van der Waals surface area contributed by atoms with Gasteiger partial charge in [0.05, 0.1) is 0 Å². The Hall–Kier alpha value is 2.62. The van der Waals surface area contributed by atoms with E-state index in [1.807, 2.05) is 0 Å². The van der Waals surface area contributed by atoms with Crippen LogP contribution >= 0.6 is 0 Å². The van der Waals surface area contributed by atoms with Crippen molar-refractivity contribution in [3.8, 4) is 0 Å². The van der Waals surface area contributed by atoms with Gasteiger partial charge in [-0.2, -0.15) is 0 Å². The molecule has 20 valence electrons. The van der Waals surface area contributed by atoms with Gasteiger partial charge in [0.15, 0.2) is 17.4 Å². The first-order valence-corrected chi connectivity index (χ1v) is 0. The predicted molar refractivity (Wildman–Crippen MR) is 24.2 cm³/mol. The Labute approximate surface area is 81.0 Å². The van der Waals surface area contributed by atoms with Crippen LogP contribution in [-0.2, 0) is 16.5 Å². The van der Waals surface area contributed by atoms with Crippen LogP contribution in [0.4, 0.5) is 0 Å². The number of hydrogen-bond donors (Lipinski definition) is 0. The molecule has 0 aliphatic carbocycles. The van der Waals surface area contributed by atoms with Crippen LogP contribution in [0.3, 0.4) is 0 Å². The van der Waals surface area contributed by atoms with Gasteiger partial charge in [-0.3, -0.25) is 0 Å². The molecule has 0 aromatic rings. The molecule has 0 rings (SSSR count). The molecule has 0 aromatic heterocycles. The second-order valence-electron chi connectivity index (χ2n) is 0. The van der Waals surface area contributed by atoms with E-state index in [9.17, 15) is 0 Å². The van der Waals surface area contributed by atoms with Crippen LogP contribution < -0.4 is 0 Å². The summed E-state index contributed by atoms with van der Waals surface area (Å²) in [6, 6.07) is 0.